The number of benzene rings is 3. The Labute approximate surface area is 385 Å². The highest BCUT2D eigenvalue weighted by Gasteiger charge is 2.34. The van der Waals surface area contributed by atoms with Crippen molar-refractivity contribution in [3.63, 3.8) is 0 Å². The van der Waals surface area contributed by atoms with E-state index in [0.717, 1.165) is 100 Å². The summed E-state index contributed by atoms with van der Waals surface area (Å²) in [6.45, 7) is 12.9. The zero-order valence-electron chi connectivity index (χ0n) is 37.1. The van der Waals surface area contributed by atoms with Crippen LogP contribution in [0.25, 0.3) is 16.6 Å². The monoisotopic (exact) mass is 921 g/mol. The van der Waals surface area contributed by atoms with Crippen LogP contribution in [0.15, 0.2) is 89.6 Å². The average molecular weight is 923 g/mol. The number of nitro groups is 1. The zero-order valence-corrected chi connectivity index (χ0v) is 38.7. The molecule has 16 heteroatoms. The zero-order chi connectivity index (χ0) is 45.5. The maximum absolute atomic E-state index is 14.1. The number of amides is 1. The molecule has 1 aliphatic carbocycles. The largest absolute Gasteiger partial charge is 0.493 e. The van der Waals surface area contributed by atoms with Crippen LogP contribution in [0.2, 0.25) is 5.02 Å². The van der Waals surface area contributed by atoms with E-state index < -0.39 is 25.7 Å². The number of piperidine rings is 1. The molecule has 2 aromatic heterocycles. The fraction of sp³-hybridized carbons (Fsp3) is 0.429. The molecule has 3 aliphatic heterocycles. The number of H-pyrrole nitrogens is 1. The lowest BCUT2D eigenvalue weighted by atomic mass is 9.72. The number of sulfonamides is 1. The van der Waals surface area contributed by atoms with E-state index in [1.54, 1.807) is 30.5 Å². The smallest absolute Gasteiger partial charge is 0.277 e. The number of nitrogens with zero attached hydrogens (tertiary/aromatic N) is 5. The van der Waals surface area contributed by atoms with Gasteiger partial charge in [0, 0.05) is 91.7 Å². The van der Waals surface area contributed by atoms with E-state index in [0.29, 0.717) is 36.0 Å². The number of likely N-dealkylation sites (tertiary alicyclic amines) is 1. The number of allylic oxidation sites excluding steroid dienone is 1. The molecule has 0 bridgehead atoms. The lowest BCUT2D eigenvalue weighted by Crippen LogP contribution is -2.47. The minimum absolute atomic E-state index is 0.0170. The minimum atomic E-state index is -4.62. The van der Waals surface area contributed by atoms with Crippen LogP contribution in [0.3, 0.4) is 0 Å². The van der Waals surface area contributed by atoms with Crippen molar-refractivity contribution in [2.24, 2.45) is 11.3 Å². The first-order valence-corrected chi connectivity index (χ1v) is 24.5. The first-order valence-electron chi connectivity index (χ1n) is 22.6. The van der Waals surface area contributed by atoms with Crippen molar-refractivity contribution in [1.29, 1.82) is 0 Å². The third-order valence-corrected chi connectivity index (χ3v) is 15.2. The molecule has 0 unspecified atom stereocenters. The number of aromatic nitrogens is 2. The van der Waals surface area contributed by atoms with Crippen molar-refractivity contribution < 1.29 is 27.6 Å². The van der Waals surface area contributed by atoms with E-state index in [-0.39, 0.29) is 34.1 Å². The van der Waals surface area contributed by atoms with Gasteiger partial charge in [0.15, 0.2) is 0 Å². The summed E-state index contributed by atoms with van der Waals surface area (Å²) < 4.78 is 42.5. The summed E-state index contributed by atoms with van der Waals surface area (Å²) in [5.41, 5.74) is 5.78. The molecular weight excluding hydrogens is 866 g/mol. The third-order valence-electron chi connectivity index (χ3n) is 13.6. The van der Waals surface area contributed by atoms with E-state index in [1.807, 2.05) is 18.2 Å². The van der Waals surface area contributed by atoms with Crippen LogP contribution in [-0.2, 0) is 16.4 Å². The molecule has 14 nitrogen and oxygen atoms in total. The molecule has 2 saturated heterocycles. The van der Waals surface area contributed by atoms with Gasteiger partial charge < -0.3 is 24.3 Å². The number of nitro benzene ring substituents is 1. The molecule has 342 valence electrons. The van der Waals surface area contributed by atoms with Gasteiger partial charge in [-0.15, -0.1) is 0 Å². The number of hydrogen-bond acceptors (Lipinski definition) is 11. The van der Waals surface area contributed by atoms with Crippen molar-refractivity contribution >= 4 is 55.5 Å². The number of nitrogens with one attached hydrogen (secondary N) is 2. The van der Waals surface area contributed by atoms with Crippen molar-refractivity contribution in [3.8, 4) is 17.2 Å². The van der Waals surface area contributed by atoms with Gasteiger partial charge >= 0.3 is 0 Å². The maximum atomic E-state index is 14.1. The van der Waals surface area contributed by atoms with Gasteiger partial charge in [-0.05, 0) is 105 Å². The van der Waals surface area contributed by atoms with Gasteiger partial charge in [-0.25, -0.2) is 18.1 Å². The molecule has 2 fully saturated rings. The fourth-order valence-electron chi connectivity index (χ4n) is 9.91. The summed E-state index contributed by atoms with van der Waals surface area (Å²) in [6.07, 6.45) is 10.3. The Balaban J connectivity index is 0.937. The highest BCUT2D eigenvalue weighted by Crippen LogP contribution is 2.44. The fourth-order valence-corrected chi connectivity index (χ4v) is 11.0. The van der Waals surface area contributed by atoms with Gasteiger partial charge in [-0.3, -0.25) is 19.8 Å². The second-order valence-electron chi connectivity index (χ2n) is 18.9. The molecule has 65 heavy (non-hydrogen) atoms. The number of hydrogen-bond donors (Lipinski definition) is 2. The van der Waals surface area contributed by atoms with E-state index in [4.69, 9.17) is 21.1 Å². The molecule has 2 N–H and O–H groups in total. The SMILES string of the molecule is C[C@@H]1CCCCN1C[C@H]1COc2cc(S(=O)(=O)NC(=O)c3ccc(N4CCN(CC5=C(c6ccc(Cl)cc6)CC(C)(C)CC5)CC4)cc3Oc3cnc4[nH]ccc4c3)cc([N+](=O)[O-])c2C1. The summed E-state index contributed by atoms with van der Waals surface area (Å²) in [5, 5.41) is 13.9. The summed E-state index contributed by atoms with van der Waals surface area (Å²) in [7, 11) is -4.62. The number of pyridine rings is 1. The van der Waals surface area contributed by atoms with Gasteiger partial charge in [0.05, 0.1) is 33.7 Å². The average Bonchev–Trinajstić information content (AvgIpc) is 3.76. The van der Waals surface area contributed by atoms with Crippen LogP contribution in [0.5, 0.6) is 17.2 Å². The molecule has 0 spiro atoms. The first-order chi connectivity index (χ1) is 31.2. The molecule has 5 heterocycles. The Bertz CT molecular complexity index is 2750. The van der Waals surface area contributed by atoms with Gasteiger partial charge in [-0.1, -0.05) is 49.6 Å². The van der Waals surface area contributed by atoms with E-state index >= 15 is 0 Å². The Hall–Kier alpha value is -5.48. The van der Waals surface area contributed by atoms with Crippen molar-refractivity contribution in [1.82, 2.24) is 24.5 Å². The van der Waals surface area contributed by atoms with E-state index in [2.05, 4.69) is 62.3 Å². The van der Waals surface area contributed by atoms with E-state index in [1.165, 1.54) is 35.4 Å². The van der Waals surface area contributed by atoms with Crippen molar-refractivity contribution in [2.75, 3.05) is 57.3 Å². The number of anilines is 1. The van der Waals surface area contributed by atoms with Crippen LogP contribution in [0.1, 0.15) is 80.8 Å². The predicted molar refractivity (Wildman–Crippen MR) is 253 cm³/mol. The number of halogens is 1. The number of carbonyl (C=O) groups is 1. The summed E-state index contributed by atoms with van der Waals surface area (Å²) in [5.74, 6) is -0.317. The van der Waals surface area contributed by atoms with Gasteiger partial charge in [0.25, 0.3) is 21.6 Å². The van der Waals surface area contributed by atoms with Crippen LogP contribution < -0.4 is 19.1 Å². The number of rotatable bonds is 12. The molecule has 0 saturated carbocycles. The summed E-state index contributed by atoms with van der Waals surface area (Å²) >= 11 is 6.25. The molecule has 1 amide bonds. The number of ether oxygens (including phenoxy) is 2. The highest BCUT2D eigenvalue weighted by molar-refractivity contribution is 7.90. The number of piperazine rings is 1. The Morgan fingerprint density at radius 3 is 2.62 bits per heavy atom. The Kier molecular flexibility index (Phi) is 12.7. The first kappa shape index (κ1) is 44.7. The highest BCUT2D eigenvalue weighted by atomic mass is 35.5. The van der Waals surface area contributed by atoms with Crippen molar-refractivity contribution in [3.05, 3.63) is 117 Å². The molecule has 5 aromatic rings. The normalized spacial score (nSPS) is 20.6. The van der Waals surface area contributed by atoms with Crippen LogP contribution in [0.4, 0.5) is 11.4 Å². The van der Waals surface area contributed by atoms with Crippen LogP contribution >= 0.6 is 11.6 Å². The van der Waals surface area contributed by atoms with Gasteiger partial charge in [0.1, 0.15) is 22.9 Å². The molecule has 2 atom stereocenters. The van der Waals surface area contributed by atoms with Crippen molar-refractivity contribution in [2.45, 2.75) is 76.7 Å². The van der Waals surface area contributed by atoms with Crippen LogP contribution in [-0.4, -0.2) is 97.5 Å². The second-order valence-corrected chi connectivity index (χ2v) is 21.0. The maximum Gasteiger partial charge on any atom is 0.277 e. The number of aromatic amines is 1. The molecule has 4 aliphatic rings. The topological polar surface area (TPSA) is 163 Å². The van der Waals surface area contributed by atoms with Gasteiger partial charge in [0.2, 0.25) is 0 Å². The number of fused-ring (bicyclic) bond motifs is 2. The van der Waals surface area contributed by atoms with Gasteiger partial charge in [-0.2, -0.15) is 0 Å². The number of carbonyl (C=O) groups excluding carboxylic acids is 1. The summed E-state index contributed by atoms with van der Waals surface area (Å²) in [4.78, 5) is 40.1. The van der Waals surface area contributed by atoms with E-state index in [9.17, 15) is 23.3 Å². The third kappa shape index (κ3) is 10.0. The lowest BCUT2D eigenvalue weighted by molar-refractivity contribution is -0.386. The minimum Gasteiger partial charge on any atom is -0.493 e. The Morgan fingerprint density at radius 1 is 1.05 bits per heavy atom. The van der Waals surface area contributed by atoms with Crippen LogP contribution in [0, 0.1) is 21.4 Å². The molecular formula is C49H56ClN7O7S. The predicted octanol–water partition coefficient (Wildman–Crippen LogP) is 9.25. The second kappa shape index (κ2) is 18.4. The molecule has 9 rings (SSSR count). The summed E-state index contributed by atoms with van der Waals surface area (Å²) in [6, 6.07) is 19.6. The molecule has 3 aromatic carbocycles. The lowest BCUT2D eigenvalue weighted by Gasteiger charge is -2.39. The Morgan fingerprint density at radius 2 is 1.85 bits per heavy atom. The molecule has 0 radical (unpaired) electrons. The standard InChI is InChI=1S/C49H56ClN7O7S/c1-32-6-4-5-17-56(32)29-33-22-42-44(57(59)60)25-40(26-45(42)63-31-33)65(61,62)53-48(58)41-12-11-38(24-46(41)64-39-23-35-14-16-51-47(35)52-28-39)55-20-18-54(19-21-55)30-36-13-15-49(2,3)27-43(36)34-7-9-37(50)10-8-34/h7-12,14,16,23-26,28,32-33H,4-6,13,15,17-22,27,29-31H2,1-3H3,(H,51,52)(H,53,58)/t32-,33+/m1/s1. The quantitative estimate of drug-likeness (QED) is 0.0906.